The summed E-state index contributed by atoms with van der Waals surface area (Å²) in [6.45, 7) is 6.61. The molecule has 0 bridgehead atoms. The van der Waals surface area contributed by atoms with E-state index < -0.39 is 5.60 Å². The zero-order valence-corrected chi connectivity index (χ0v) is 13.7. The van der Waals surface area contributed by atoms with E-state index >= 15 is 0 Å². The Morgan fingerprint density at radius 1 is 1.43 bits per heavy atom. The van der Waals surface area contributed by atoms with E-state index in [-0.39, 0.29) is 18.1 Å². The number of imidazole rings is 1. The smallest absolute Gasteiger partial charge is 0.357 e. The molecular formula is C18H22N2O3. The van der Waals surface area contributed by atoms with Crippen LogP contribution in [0.3, 0.4) is 0 Å². The van der Waals surface area contributed by atoms with Crippen LogP contribution in [0.25, 0.3) is 0 Å². The number of aromatic nitrogens is 2. The number of hydrogen-bond acceptors (Lipinski definition) is 4. The maximum atomic E-state index is 12.6. The molecule has 1 aliphatic rings. The van der Waals surface area contributed by atoms with Gasteiger partial charge in [0.1, 0.15) is 11.3 Å². The molecule has 2 aromatic rings. The van der Waals surface area contributed by atoms with Gasteiger partial charge < -0.3 is 14.0 Å². The summed E-state index contributed by atoms with van der Waals surface area (Å²) in [6.07, 6.45) is 4.16. The summed E-state index contributed by atoms with van der Waals surface area (Å²) in [5.41, 5.74) is 1.03. The number of ether oxygens (including phenoxy) is 2. The molecule has 5 nitrogen and oxygen atoms in total. The number of rotatable bonds is 6. The molecule has 0 aliphatic carbocycles. The number of epoxide rings is 1. The molecule has 0 N–H and O–H groups in total. The zero-order chi connectivity index (χ0) is 16.4. The third kappa shape index (κ3) is 3.79. The number of carbonyl (C=O) groups is 1. The van der Waals surface area contributed by atoms with Crippen molar-refractivity contribution in [2.45, 2.75) is 44.9 Å². The molecule has 0 amide bonds. The van der Waals surface area contributed by atoms with Gasteiger partial charge in [-0.1, -0.05) is 30.3 Å². The van der Waals surface area contributed by atoms with Gasteiger partial charge in [0.25, 0.3) is 0 Å². The van der Waals surface area contributed by atoms with Crippen molar-refractivity contribution in [1.82, 2.24) is 9.55 Å². The molecule has 2 atom stereocenters. The Morgan fingerprint density at radius 3 is 2.78 bits per heavy atom. The predicted molar refractivity (Wildman–Crippen MR) is 86.3 cm³/mol. The van der Waals surface area contributed by atoms with Gasteiger partial charge in [0, 0.05) is 6.42 Å². The highest BCUT2D eigenvalue weighted by Crippen LogP contribution is 2.27. The number of hydrogen-bond donors (Lipinski definition) is 0. The Labute approximate surface area is 136 Å². The van der Waals surface area contributed by atoms with Crippen molar-refractivity contribution in [3.8, 4) is 0 Å². The Morgan fingerprint density at radius 2 is 2.13 bits per heavy atom. The summed E-state index contributed by atoms with van der Waals surface area (Å²) >= 11 is 0. The van der Waals surface area contributed by atoms with Gasteiger partial charge >= 0.3 is 5.97 Å². The molecule has 1 saturated heterocycles. The summed E-state index contributed by atoms with van der Waals surface area (Å²) in [4.78, 5) is 16.7. The molecule has 1 aliphatic heterocycles. The molecule has 1 fully saturated rings. The minimum atomic E-state index is -0.552. The first-order valence-electron chi connectivity index (χ1n) is 7.88. The number of carbonyl (C=O) groups excluding carboxylic acids is 1. The fourth-order valence-corrected chi connectivity index (χ4v) is 2.74. The maximum absolute atomic E-state index is 12.6. The van der Waals surface area contributed by atoms with Crippen molar-refractivity contribution >= 4 is 5.97 Å². The van der Waals surface area contributed by atoms with Crippen LogP contribution in [0.2, 0.25) is 0 Å². The first-order chi connectivity index (χ1) is 11.0. The SMILES string of the molecule is CC(c1ccccc1)n1cncc1C(=O)OC(C)(C)CC1CO1. The molecule has 2 heterocycles. The van der Waals surface area contributed by atoms with Crippen LogP contribution in [0, 0.1) is 0 Å². The molecule has 3 rings (SSSR count). The number of esters is 1. The normalized spacial score (nSPS) is 18.5. The Kier molecular flexibility index (Phi) is 4.22. The van der Waals surface area contributed by atoms with Gasteiger partial charge in [-0.05, 0) is 26.3 Å². The summed E-state index contributed by atoms with van der Waals surface area (Å²) in [5.74, 6) is -0.351. The lowest BCUT2D eigenvalue weighted by atomic mass is 10.0. The molecule has 1 aromatic heterocycles. The zero-order valence-electron chi connectivity index (χ0n) is 13.7. The van der Waals surface area contributed by atoms with Gasteiger partial charge in [0.2, 0.25) is 0 Å². The van der Waals surface area contributed by atoms with E-state index in [2.05, 4.69) is 4.98 Å². The lowest BCUT2D eigenvalue weighted by Crippen LogP contribution is -2.31. The lowest BCUT2D eigenvalue weighted by Gasteiger charge is -2.25. The second kappa shape index (κ2) is 6.16. The second-order valence-corrected chi connectivity index (χ2v) is 6.58. The highest BCUT2D eigenvalue weighted by molar-refractivity contribution is 5.87. The third-order valence-corrected chi connectivity index (χ3v) is 4.07. The Bertz CT molecular complexity index is 675. The van der Waals surface area contributed by atoms with E-state index in [1.807, 2.05) is 55.7 Å². The van der Waals surface area contributed by atoms with Gasteiger partial charge in [-0.3, -0.25) is 0 Å². The van der Waals surface area contributed by atoms with Crippen molar-refractivity contribution in [1.29, 1.82) is 0 Å². The van der Waals surface area contributed by atoms with Crippen LogP contribution in [0.1, 0.15) is 49.3 Å². The first kappa shape index (κ1) is 15.7. The second-order valence-electron chi connectivity index (χ2n) is 6.58. The molecule has 1 aromatic carbocycles. The monoisotopic (exact) mass is 314 g/mol. The largest absolute Gasteiger partial charge is 0.455 e. The quantitative estimate of drug-likeness (QED) is 0.607. The van der Waals surface area contributed by atoms with Gasteiger partial charge in [-0.15, -0.1) is 0 Å². The molecule has 5 heteroatoms. The van der Waals surface area contributed by atoms with Crippen LogP contribution >= 0.6 is 0 Å². The molecule has 2 unspecified atom stereocenters. The summed E-state index contributed by atoms with van der Waals surface area (Å²) in [6, 6.07) is 10.0. The van der Waals surface area contributed by atoms with Crippen LogP contribution < -0.4 is 0 Å². The minimum Gasteiger partial charge on any atom is -0.455 e. The molecule has 0 spiro atoms. The summed E-state index contributed by atoms with van der Waals surface area (Å²) in [7, 11) is 0. The third-order valence-electron chi connectivity index (χ3n) is 4.07. The van der Waals surface area contributed by atoms with E-state index in [0.29, 0.717) is 12.1 Å². The average molecular weight is 314 g/mol. The summed E-state index contributed by atoms with van der Waals surface area (Å²) < 4.78 is 12.8. The Hall–Kier alpha value is -2.14. The Balaban J connectivity index is 1.76. The highest BCUT2D eigenvalue weighted by Gasteiger charge is 2.34. The molecule has 23 heavy (non-hydrogen) atoms. The van der Waals surface area contributed by atoms with E-state index in [1.54, 1.807) is 12.5 Å². The van der Waals surface area contributed by atoms with Crippen molar-refractivity contribution in [3.05, 3.63) is 54.1 Å². The van der Waals surface area contributed by atoms with E-state index in [9.17, 15) is 4.79 Å². The lowest BCUT2D eigenvalue weighted by molar-refractivity contribution is -0.00840. The van der Waals surface area contributed by atoms with Gasteiger partial charge in [0.05, 0.1) is 31.3 Å². The predicted octanol–water partition coefficient (Wildman–Crippen LogP) is 3.22. The fraction of sp³-hybridized carbons (Fsp3) is 0.444. The van der Waals surface area contributed by atoms with E-state index in [1.165, 1.54) is 0 Å². The van der Waals surface area contributed by atoms with Crippen molar-refractivity contribution in [2.75, 3.05) is 6.61 Å². The fourth-order valence-electron chi connectivity index (χ4n) is 2.74. The van der Waals surface area contributed by atoms with Crippen molar-refractivity contribution < 1.29 is 14.3 Å². The maximum Gasteiger partial charge on any atom is 0.357 e. The molecule has 0 radical (unpaired) electrons. The average Bonchev–Trinajstić information content (AvgIpc) is 3.17. The minimum absolute atomic E-state index is 0.0103. The van der Waals surface area contributed by atoms with E-state index in [0.717, 1.165) is 12.2 Å². The first-order valence-corrected chi connectivity index (χ1v) is 7.88. The standard InChI is InChI=1S/C18H22N2O3/c1-13(14-7-5-4-6-8-14)20-12-19-10-16(20)17(21)23-18(2,3)9-15-11-22-15/h4-8,10,12-13,15H,9,11H2,1-3H3. The van der Waals surface area contributed by atoms with Crippen LogP contribution in [-0.2, 0) is 9.47 Å². The van der Waals surface area contributed by atoms with Crippen molar-refractivity contribution in [3.63, 3.8) is 0 Å². The number of benzene rings is 1. The van der Waals surface area contributed by atoms with Gasteiger partial charge in [-0.25, -0.2) is 9.78 Å². The topological polar surface area (TPSA) is 56.7 Å². The van der Waals surface area contributed by atoms with Crippen LogP contribution in [0.15, 0.2) is 42.9 Å². The van der Waals surface area contributed by atoms with Crippen LogP contribution in [0.5, 0.6) is 0 Å². The van der Waals surface area contributed by atoms with Gasteiger partial charge in [0.15, 0.2) is 0 Å². The molecule has 0 saturated carbocycles. The van der Waals surface area contributed by atoms with Crippen molar-refractivity contribution in [2.24, 2.45) is 0 Å². The number of nitrogens with zero attached hydrogens (tertiary/aromatic N) is 2. The van der Waals surface area contributed by atoms with Crippen LogP contribution in [-0.4, -0.2) is 33.8 Å². The summed E-state index contributed by atoms with van der Waals surface area (Å²) in [5, 5.41) is 0. The molecular weight excluding hydrogens is 292 g/mol. The van der Waals surface area contributed by atoms with Crippen LogP contribution in [0.4, 0.5) is 0 Å². The molecule has 122 valence electrons. The van der Waals surface area contributed by atoms with Gasteiger partial charge in [-0.2, -0.15) is 0 Å². The highest BCUT2D eigenvalue weighted by atomic mass is 16.6. The van der Waals surface area contributed by atoms with E-state index in [4.69, 9.17) is 9.47 Å².